The molecule has 0 aliphatic carbocycles. The van der Waals surface area contributed by atoms with Crippen molar-refractivity contribution in [3.63, 3.8) is 0 Å². The Labute approximate surface area is 126 Å². The van der Waals surface area contributed by atoms with Gasteiger partial charge in [-0.25, -0.2) is 4.79 Å². The summed E-state index contributed by atoms with van der Waals surface area (Å²) in [5, 5.41) is 9.34. The van der Waals surface area contributed by atoms with Crippen molar-refractivity contribution >= 4 is 18.3 Å². The van der Waals surface area contributed by atoms with E-state index < -0.39 is 11.9 Å². The van der Waals surface area contributed by atoms with Gasteiger partial charge in [0, 0.05) is 17.0 Å². The van der Waals surface area contributed by atoms with Crippen LogP contribution in [0.25, 0.3) is 5.69 Å². The van der Waals surface area contributed by atoms with Gasteiger partial charge in [-0.15, -0.1) is 0 Å². The first-order valence-electron chi connectivity index (χ1n) is 6.48. The largest absolute Gasteiger partial charge is 0.478 e. The molecule has 2 amide bonds. The highest BCUT2D eigenvalue weighted by Crippen LogP contribution is 2.22. The third-order valence-corrected chi connectivity index (χ3v) is 3.25. The molecule has 7 nitrogen and oxygen atoms in total. The summed E-state index contributed by atoms with van der Waals surface area (Å²) < 4.78 is 1.76. The Morgan fingerprint density at radius 2 is 1.77 bits per heavy atom. The monoisotopic (exact) mass is 301 g/mol. The number of aromatic nitrogens is 1. The molecule has 22 heavy (non-hydrogen) atoms. The second-order valence-electron chi connectivity index (χ2n) is 4.70. The van der Waals surface area contributed by atoms with E-state index in [4.69, 9.17) is 0 Å². The van der Waals surface area contributed by atoms with E-state index >= 15 is 0 Å². The van der Waals surface area contributed by atoms with Crippen molar-refractivity contribution in [2.45, 2.75) is 13.8 Å². The smallest absolute Gasteiger partial charge is 0.337 e. The molecule has 2 aromatic rings. The van der Waals surface area contributed by atoms with Gasteiger partial charge in [0.05, 0.1) is 11.3 Å². The number of aromatic carboxylic acids is 1. The molecule has 1 heterocycles. The number of amides is 2. The SMILES string of the molecule is Cc1ccc(C)n1-c1cc(C(=O)NNC=O)ccc1C(=O)O. The van der Waals surface area contributed by atoms with E-state index in [9.17, 15) is 19.5 Å². The molecule has 0 unspecified atom stereocenters. The fourth-order valence-electron chi connectivity index (χ4n) is 2.25. The number of hydrazine groups is 1. The molecule has 3 N–H and O–H groups in total. The van der Waals surface area contributed by atoms with Crippen molar-refractivity contribution in [1.82, 2.24) is 15.4 Å². The van der Waals surface area contributed by atoms with E-state index in [1.165, 1.54) is 18.2 Å². The molecule has 1 aromatic heterocycles. The topological polar surface area (TPSA) is 100 Å². The number of hydrogen-bond acceptors (Lipinski definition) is 3. The number of hydrogen-bond donors (Lipinski definition) is 3. The quantitative estimate of drug-likeness (QED) is 0.570. The van der Waals surface area contributed by atoms with Crippen LogP contribution in [0, 0.1) is 13.8 Å². The molecule has 2 rings (SSSR count). The summed E-state index contributed by atoms with van der Waals surface area (Å²) in [4.78, 5) is 33.5. The molecule has 0 saturated carbocycles. The second kappa shape index (κ2) is 6.13. The Bertz CT molecular complexity index is 730. The second-order valence-corrected chi connectivity index (χ2v) is 4.70. The molecule has 1 aromatic carbocycles. The van der Waals surface area contributed by atoms with E-state index in [1.807, 2.05) is 26.0 Å². The summed E-state index contributed by atoms with van der Waals surface area (Å²) in [6.07, 6.45) is 0.338. The third-order valence-electron chi connectivity index (χ3n) is 3.25. The molecule has 0 spiro atoms. The van der Waals surface area contributed by atoms with E-state index in [1.54, 1.807) is 4.57 Å². The number of aryl methyl sites for hydroxylation is 2. The lowest BCUT2D eigenvalue weighted by Crippen LogP contribution is -2.36. The number of carbonyl (C=O) groups excluding carboxylic acids is 2. The number of carboxylic acids is 1. The van der Waals surface area contributed by atoms with Gasteiger partial charge in [0.25, 0.3) is 5.91 Å². The van der Waals surface area contributed by atoms with Crippen LogP contribution in [0.2, 0.25) is 0 Å². The molecule has 0 saturated heterocycles. The normalized spacial score (nSPS) is 10.1. The van der Waals surface area contributed by atoms with E-state index in [0.29, 0.717) is 12.1 Å². The third kappa shape index (κ3) is 2.83. The standard InChI is InChI=1S/C15H15N3O4/c1-9-3-4-10(2)18(9)13-7-11(14(20)17-16-8-19)5-6-12(13)15(21)22/h3-8H,1-2H3,(H,16,19)(H,17,20)(H,21,22). The fraction of sp³-hybridized carbons (Fsp3) is 0.133. The summed E-state index contributed by atoms with van der Waals surface area (Å²) in [5.74, 6) is -1.62. The van der Waals surface area contributed by atoms with Gasteiger partial charge in [-0.1, -0.05) is 0 Å². The summed E-state index contributed by atoms with van der Waals surface area (Å²) in [6, 6.07) is 7.96. The van der Waals surface area contributed by atoms with Gasteiger partial charge in [-0.3, -0.25) is 20.4 Å². The first-order valence-corrected chi connectivity index (χ1v) is 6.48. The minimum absolute atomic E-state index is 0.0855. The zero-order valence-electron chi connectivity index (χ0n) is 12.1. The van der Waals surface area contributed by atoms with Crippen molar-refractivity contribution < 1.29 is 19.5 Å². The van der Waals surface area contributed by atoms with Crippen LogP contribution in [0.1, 0.15) is 32.1 Å². The lowest BCUT2D eigenvalue weighted by atomic mass is 10.1. The fourth-order valence-corrected chi connectivity index (χ4v) is 2.25. The predicted molar refractivity (Wildman–Crippen MR) is 78.9 cm³/mol. The number of benzene rings is 1. The molecule has 0 aliphatic rings. The van der Waals surface area contributed by atoms with Crippen LogP contribution in [0.4, 0.5) is 0 Å². The zero-order chi connectivity index (χ0) is 16.3. The van der Waals surface area contributed by atoms with Crippen molar-refractivity contribution in [3.8, 4) is 5.69 Å². The van der Waals surface area contributed by atoms with Crippen molar-refractivity contribution in [2.24, 2.45) is 0 Å². The predicted octanol–water partition coefficient (Wildman–Crippen LogP) is 1.18. The first kappa shape index (κ1) is 15.3. The Balaban J connectivity index is 2.57. The lowest BCUT2D eigenvalue weighted by Gasteiger charge is -2.14. The van der Waals surface area contributed by atoms with E-state index in [0.717, 1.165) is 11.4 Å². The Hall–Kier alpha value is -3.09. The average molecular weight is 301 g/mol. The van der Waals surface area contributed by atoms with Crippen LogP contribution < -0.4 is 10.9 Å². The van der Waals surface area contributed by atoms with Crippen LogP contribution in [-0.4, -0.2) is 28.0 Å². The number of carboxylic acid groups (broad SMARTS) is 1. The molecule has 0 atom stereocenters. The molecule has 0 aliphatic heterocycles. The van der Waals surface area contributed by atoms with Gasteiger partial charge in [0.2, 0.25) is 6.41 Å². The summed E-state index contributed by atoms with van der Waals surface area (Å²) >= 11 is 0. The van der Waals surface area contributed by atoms with Crippen LogP contribution in [-0.2, 0) is 4.79 Å². The summed E-state index contributed by atoms with van der Waals surface area (Å²) in [6.45, 7) is 3.69. The summed E-state index contributed by atoms with van der Waals surface area (Å²) in [5.41, 5.74) is 6.66. The summed E-state index contributed by atoms with van der Waals surface area (Å²) in [7, 11) is 0. The van der Waals surface area contributed by atoms with Gasteiger partial charge in [-0.05, 0) is 44.2 Å². The Kier molecular flexibility index (Phi) is 4.26. The van der Waals surface area contributed by atoms with Gasteiger partial charge in [0.15, 0.2) is 0 Å². The Morgan fingerprint density at radius 3 is 2.32 bits per heavy atom. The van der Waals surface area contributed by atoms with E-state index in [-0.39, 0.29) is 11.1 Å². The van der Waals surface area contributed by atoms with Crippen molar-refractivity contribution in [2.75, 3.05) is 0 Å². The molecule has 0 bridgehead atoms. The number of rotatable bonds is 5. The highest BCUT2D eigenvalue weighted by atomic mass is 16.4. The van der Waals surface area contributed by atoms with E-state index in [2.05, 4.69) is 10.9 Å². The molecule has 7 heteroatoms. The highest BCUT2D eigenvalue weighted by molar-refractivity contribution is 5.98. The maximum absolute atomic E-state index is 11.9. The number of carbonyl (C=O) groups is 3. The zero-order valence-corrected chi connectivity index (χ0v) is 12.1. The minimum atomic E-state index is -1.08. The van der Waals surface area contributed by atoms with Crippen LogP contribution >= 0.6 is 0 Å². The van der Waals surface area contributed by atoms with Crippen LogP contribution in [0.5, 0.6) is 0 Å². The van der Waals surface area contributed by atoms with Gasteiger partial charge < -0.3 is 9.67 Å². The molecule has 0 fully saturated rings. The molecule has 0 radical (unpaired) electrons. The van der Waals surface area contributed by atoms with Crippen molar-refractivity contribution in [3.05, 3.63) is 52.8 Å². The van der Waals surface area contributed by atoms with Gasteiger partial charge in [-0.2, -0.15) is 0 Å². The maximum Gasteiger partial charge on any atom is 0.337 e. The Morgan fingerprint density at radius 1 is 1.14 bits per heavy atom. The number of nitrogens with zero attached hydrogens (tertiary/aromatic N) is 1. The van der Waals surface area contributed by atoms with Gasteiger partial charge >= 0.3 is 5.97 Å². The number of nitrogens with one attached hydrogen (secondary N) is 2. The average Bonchev–Trinajstić information content (AvgIpc) is 2.83. The van der Waals surface area contributed by atoms with Crippen molar-refractivity contribution in [1.29, 1.82) is 0 Å². The first-order chi connectivity index (χ1) is 10.5. The molecular weight excluding hydrogens is 286 g/mol. The van der Waals surface area contributed by atoms with Crippen LogP contribution in [0.3, 0.4) is 0 Å². The molecule has 114 valence electrons. The minimum Gasteiger partial charge on any atom is -0.478 e. The van der Waals surface area contributed by atoms with Crippen LogP contribution in [0.15, 0.2) is 30.3 Å². The van der Waals surface area contributed by atoms with Gasteiger partial charge in [0.1, 0.15) is 0 Å². The molecular formula is C15H15N3O4. The maximum atomic E-state index is 11.9. The highest BCUT2D eigenvalue weighted by Gasteiger charge is 2.17. The lowest BCUT2D eigenvalue weighted by molar-refractivity contribution is -0.110.